The Morgan fingerprint density at radius 2 is 1.48 bits per heavy atom. The third-order valence-corrected chi connectivity index (χ3v) is 4.97. The molecule has 2 amide bonds. The first-order valence-electron chi connectivity index (χ1n) is 9.10. The number of rotatable bonds is 5. The summed E-state index contributed by atoms with van der Waals surface area (Å²) < 4.78 is 26.2. The molecule has 3 rings (SSSR count). The maximum atomic E-state index is 13.2. The molecular weight excluding hydrogens is 350 g/mol. The van der Waals surface area contributed by atoms with Crippen LogP contribution >= 0.6 is 0 Å². The third-order valence-electron chi connectivity index (χ3n) is 4.97. The number of carbonyl (C=O) groups is 2. The monoisotopic (exact) mass is 372 g/mol. The van der Waals surface area contributed by atoms with Crippen LogP contribution in [0.3, 0.4) is 0 Å². The average molecular weight is 372 g/mol. The second-order valence-corrected chi connectivity index (χ2v) is 6.87. The van der Waals surface area contributed by atoms with Crippen LogP contribution in [0.15, 0.2) is 48.5 Å². The Bertz CT molecular complexity index is 803. The molecule has 1 saturated carbocycles. The van der Waals surface area contributed by atoms with Crippen molar-refractivity contribution in [2.24, 2.45) is 11.8 Å². The van der Waals surface area contributed by atoms with E-state index in [2.05, 4.69) is 10.6 Å². The summed E-state index contributed by atoms with van der Waals surface area (Å²) in [5, 5.41) is 5.57. The Labute approximate surface area is 157 Å². The maximum absolute atomic E-state index is 13.2. The van der Waals surface area contributed by atoms with Gasteiger partial charge in [-0.1, -0.05) is 30.3 Å². The zero-order valence-electron chi connectivity index (χ0n) is 14.9. The van der Waals surface area contributed by atoms with Gasteiger partial charge < -0.3 is 10.6 Å². The average Bonchev–Trinajstić information content (AvgIpc) is 2.70. The minimum Gasteiger partial charge on any atom is -0.352 e. The molecule has 0 aliphatic heterocycles. The van der Waals surface area contributed by atoms with Crippen molar-refractivity contribution >= 4 is 17.5 Å². The smallest absolute Gasteiger partial charge is 0.227 e. The van der Waals surface area contributed by atoms with Crippen LogP contribution in [0.5, 0.6) is 0 Å². The first kappa shape index (κ1) is 19.0. The summed E-state index contributed by atoms with van der Waals surface area (Å²) in [7, 11) is 0. The Balaban J connectivity index is 1.45. The second-order valence-electron chi connectivity index (χ2n) is 6.87. The molecule has 142 valence electrons. The quantitative estimate of drug-likeness (QED) is 0.833. The highest BCUT2D eigenvalue weighted by Gasteiger charge is 2.29. The van der Waals surface area contributed by atoms with E-state index in [9.17, 15) is 18.4 Å². The molecule has 2 aromatic rings. The van der Waals surface area contributed by atoms with Crippen LogP contribution in [0.25, 0.3) is 0 Å². The van der Waals surface area contributed by atoms with Gasteiger partial charge in [-0.25, -0.2) is 8.78 Å². The fraction of sp³-hybridized carbons (Fsp3) is 0.333. The molecule has 0 unspecified atom stereocenters. The molecule has 0 atom stereocenters. The van der Waals surface area contributed by atoms with E-state index < -0.39 is 11.6 Å². The van der Waals surface area contributed by atoms with E-state index in [1.54, 1.807) is 0 Å². The lowest BCUT2D eigenvalue weighted by atomic mass is 9.81. The normalized spacial score (nSPS) is 19.3. The Morgan fingerprint density at radius 1 is 0.852 bits per heavy atom. The summed E-state index contributed by atoms with van der Waals surface area (Å²) in [6.45, 7) is 0.496. The molecule has 6 heteroatoms. The minimum atomic E-state index is -0.994. The van der Waals surface area contributed by atoms with Crippen molar-refractivity contribution in [1.82, 2.24) is 5.32 Å². The van der Waals surface area contributed by atoms with Gasteiger partial charge in [0.15, 0.2) is 11.6 Å². The van der Waals surface area contributed by atoms with Crippen molar-refractivity contribution < 1.29 is 18.4 Å². The predicted molar refractivity (Wildman–Crippen MR) is 98.7 cm³/mol. The van der Waals surface area contributed by atoms with Crippen LogP contribution in [-0.2, 0) is 16.1 Å². The molecule has 4 nitrogen and oxygen atoms in total. The number of hydrogen-bond acceptors (Lipinski definition) is 2. The molecule has 2 aromatic carbocycles. The van der Waals surface area contributed by atoms with Crippen molar-refractivity contribution in [3.05, 3.63) is 65.7 Å². The Kier molecular flexibility index (Phi) is 6.16. The topological polar surface area (TPSA) is 58.2 Å². The first-order valence-corrected chi connectivity index (χ1v) is 9.10. The molecule has 1 aliphatic rings. The lowest BCUT2D eigenvalue weighted by molar-refractivity contribution is -0.128. The lowest BCUT2D eigenvalue weighted by Gasteiger charge is -2.27. The van der Waals surface area contributed by atoms with Crippen molar-refractivity contribution in [2.75, 3.05) is 5.32 Å². The largest absolute Gasteiger partial charge is 0.352 e. The van der Waals surface area contributed by atoms with E-state index in [0.717, 1.165) is 17.7 Å². The predicted octanol–water partition coefficient (Wildman–Crippen LogP) is 4.03. The molecule has 0 heterocycles. The number of halogens is 2. The summed E-state index contributed by atoms with van der Waals surface area (Å²) >= 11 is 0. The molecule has 27 heavy (non-hydrogen) atoms. The zero-order chi connectivity index (χ0) is 19.2. The number of amides is 2. The first-order chi connectivity index (χ1) is 13.0. The number of anilines is 1. The molecule has 2 N–H and O–H groups in total. The van der Waals surface area contributed by atoms with Crippen LogP contribution in [0.2, 0.25) is 0 Å². The van der Waals surface area contributed by atoms with E-state index in [1.807, 2.05) is 30.3 Å². The van der Waals surface area contributed by atoms with Gasteiger partial charge in [0, 0.05) is 30.1 Å². The van der Waals surface area contributed by atoms with Gasteiger partial charge in [0.05, 0.1) is 0 Å². The van der Waals surface area contributed by atoms with Crippen molar-refractivity contribution in [3.8, 4) is 0 Å². The van der Waals surface area contributed by atoms with Gasteiger partial charge in [-0.3, -0.25) is 9.59 Å². The van der Waals surface area contributed by atoms with E-state index >= 15 is 0 Å². The number of nitrogens with one attached hydrogen (secondary N) is 2. The molecule has 0 bridgehead atoms. The zero-order valence-corrected chi connectivity index (χ0v) is 14.9. The van der Waals surface area contributed by atoms with Crippen LogP contribution in [-0.4, -0.2) is 11.8 Å². The van der Waals surface area contributed by atoms with E-state index in [4.69, 9.17) is 0 Å². The highest BCUT2D eigenvalue weighted by Crippen LogP contribution is 2.30. The van der Waals surface area contributed by atoms with Gasteiger partial charge in [0.1, 0.15) is 0 Å². The van der Waals surface area contributed by atoms with E-state index in [1.165, 1.54) is 6.07 Å². The summed E-state index contributed by atoms with van der Waals surface area (Å²) in [6, 6.07) is 13.0. The van der Waals surface area contributed by atoms with Gasteiger partial charge in [-0.15, -0.1) is 0 Å². The molecular formula is C21H22F2N2O2. The second kappa shape index (κ2) is 8.75. The maximum Gasteiger partial charge on any atom is 0.227 e. The molecule has 1 fully saturated rings. The Hall–Kier alpha value is -2.76. The molecule has 0 radical (unpaired) electrons. The highest BCUT2D eigenvalue weighted by molar-refractivity contribution is 5.92. The molecule has 0 saturated heterocycles. The Morgan fingerprint density at radius 3 is 2.11 bits per heavy atom. The van der Waals surface area contributed by atoms with Crippen LogP contribution < -0.4 is 10.6 Å². The number of carbonyl (C=O) groups excluding carboxylic acids is 2. The number of benzene rings is 2. The standard InChI is InChI=1S/C21H22F2N2O2/c22-18-11-10-17(12-19(18)23)25-21(27)16-8-6-15(7-9-16)20(26)24-13-14-4-2-1-3-5-14/h1-5,10-12,15-16H,6-9,13H2,(H,24,26)(H,25,27). The van der Waals surface area contributed by atoms with Crippen molar-refractivity contribution in [2.45, 2.75) is 32.2 Å². The van der Waals surface area contributed by atoms with Crippen LogP contribution in [0.4, 0.5) is 14.5 Å². The number of hydrogen-bond donors (Lipinski definition) is 2. The van der Waals surface area contributed by atoms with Gasteiger partial charge in [-0.05, 0) is 43.4 Å². The molecule has 0 aromatic heterocycles. The summed E-state index contributed by atoms with van der Waals surface area (Å²) in [4.78, 5) is 24.6. The SMILES string of the molecule is O=C(NCc1ccccc1)C1CCC(C(=O)Nc2ccc(F)c(F)c2)CC1. The summed E-state index contributed by atoms with van der Waals surface area (Å²) in [5.41, 5.74) is 1.28. The highest BCUT2D eigenvalue weighted by atomic mass is 19.2. The summed E-state index contributed by atoms with van der Waals surface area (Å²) in [5.74, 6) is -2.47. The molecule has 1 aliphatic carbocycles. The van der Waals surface area contributed by atoms with Crippen molar-refractivity contribution in [3.63, 3.8) is 0 Å². The van der Waals surface area contributed by atoms with Gasteiger partial charge >= 0.3 is 0 Å². The van der Waals surface area contributed by atoms with Gasteiger partial charge in [0.2, 0.25) is 11.8 Å². The summed E-state index contributed by atoms with van der Waals surface area (Å²) in [6.07, 6.45) is 2.46. The van der Waals surface area contributed by atoms with Gasteiger partial charge in [-0.2, -0.15) is 0 Å². The van der Waals surface area contributed by atoms with Gasteiger partial charge in [0.25, 0.3) is 0 Å². The third kappa shape index (κ3) is 5.12. The van der Waals surface area contributed by atoms with Crippen LogP contribution in [0, 0.1) is 23.5 Å². The lowest BCUT2D eigenvalue weighted by Crippen LogP contribution is -2.35. The minimum absolute atomic E-state index is 0.0123. The van der Waals surface area contributed by atoms with E-state index in [0.29, 0.717) is 32.2 Å². The van der Waals surface area contributed by atoms with Crippen LogP contribution in [0.1, 0.15) is 31.2 Å². The fourth-order valence-corrected chi connectivity index (χ4v) is 3.37. The van der Waals surface area contributed by atoms with Crippen molar-refractivity contribution in [1.29, 1.82) is 0 Å². The fourth-order valence-electron chi connectivity index (χ4n) is 3.37. The van der Waals surface area contributed by atoms with E-state index in [-0.39, 0.29) is 29.3 Å². The molecule has 0 spiro atoms.